The van der Waals surface area contributed by atoms with E-state index in [0.29, 0.717) is 5.88 Å². The second-order valence-corrected chi connectivity index (χ2v) is 1.59. The molecular formula is C3H7ClOS. The van der Waals surface area contributed by atoms with E-state index in [-0.39, 0.29) is 6.10 Å². The van der Waals surface area contributed by atoms with Gasteiger partial charge in [0.05, 0.1) is 6.10 Å². The third kappa shape index (κ3) is 2.82. The Morgan fingerprint density at radius 3 is 2.50 bits per heavy atom. The zero-order chi connectivity index (χ0) is 4.99. The van der Waals surface area contributed by atoms with E-state index in [1.807, 2.05) is 6.92 Å². The van der Waals surface area contributed by atoms with E-state index in [2.05, 4.69) is 17.1 Å². The maximum Gasteiger partial charge on any atom is 0.0826 e. The van der Waals surface area contributed by atoms with Crippen molar-refractivity contribution in [2.45, 2.75) is 13.0 Å². The molecular weight excluding hydrogens is 120 g/mol. The highest BCUT2D eigenvalue weighted by atomic mass is 35.5. The first-order valence-corrected chi connectivity index (χ1v) is 2.57. The Kier molecular flexibility index (Phi) is 4.16. The molecule has 0 amide bonds. The molecule has 6 heavy (non-hydrogen) atoms. The minimum atomic E-state index is 0.0648. The third-order valence-electron chi connectivity index (χ3n) is 0.397. The van der Waals surface area contributed by atoms with Crippen molar-refractivity contribution in [2.24, 2.45) is 0 Å². The Hall–Kier alpha value is 0.600. The van der Waals surface area contributed by atoms with Gasteiger partial charge in [-0.05, 0) is 19.8 Å². The van der Waals surface area contributed by atoms with Gasteiger partial charge in [0.2, 0.25) is 0 Å². The summed E-state index contributed by atoms with van der Waals surface area (Å²) >= 11 is 8.79. The lowest BCUT2D eigenvalue weighted by Crippen LogP contribution is -2.01. The summed E-state index contributed by atoms with van der Waals surface area (Å²) in [6.45, 7) is 1.85. The van der Waals surface area contributed by atoms with Crippen molar-refractivity contribution in [1.82, 2.24) is 0 Å². The van der Waals surface area contributed by atoms with Crippen LogP contribution in [0.2, 0.25) is 0 Å². The minimum Gasteiger partial charge on any atom is -0.314 e. The number of thiol groups is 1. The number of rotatable bonds is 2. The molecule has 0 aliphatic heterocycles. The van der Waals surface area contributed by atoms with Crippen molar-refractivity contribution >= 4 is 24.5 Å². The molecule has 1 atom stereocenters. The lowest BCUT2D eigenvalue weighted by atomic mass is 10.5. The van der Waals surface area contributed by atoms with Crippen LogP contribution in [0.4, 0.5) is 0 Å². The summed E-state index contributed by atoms with van der Waals surface area (Å²) in [7, 11) is 0. The van der Waals surface area contributed by atoms with E-state index in [9.17, 15) is 0 Å². The normalized spacial score (nSPS) is 14.5. The molecule has 38 valence electrons. The molecule has 1 nitrogen and oxygen atoms in total. The predicted molar refractivity (Wildman–Crippen MR) is 30.3 cm³/mol. The SMILES string of the molecule is CC(CCl)OS. The van der Waals surface area contributed by atoms with Gasteiger partial charge in [-0.15, -0.1) is 11.6 Å². The van der Waals surface area contributed by atoms with Gasteiger partial charge in [0, 0.05) is 5.88 Å². The number of halogens is 1. The van der Waals surface area contributed by atoms with Gasteiger partial charge in [0.25, 0.3) is 0 Å². The lowest BCUT2D eigenvalue weighted by molar-refractivity contribution is 0.299. The van der Waals surface area contributed by atoms with Gasteiger partial charge in [-0.1, -0.05) is 0 Å². The summed E-state index contributed by atoms with van der Waals surface area (Å²) < 4.78 is 4.46. The van der Waals surface area contributed by atoms with Crippen molar-refractivity contribution in [3.05, 3.63) is 0 Å². The van der Waals surface area contributed by atoms with E-state index in [1.54, 1.807) is 0 Å². The van der Waals surface area contributed by atoms with Crippen LogP contribution in [0, 0.1) is 0 Å². The summed E-state index contributed by atoms with van der Waals surface area (Å²) in [6.07, 6.45) is 0.0648. The van der Waals surface area contributed by atoms with Crippen molar-refractivity contribution in [3.8, 4) is 0 Å². The number of hydrogen-bond donors (Lipinski definition) is 1. The molecule has 0 aromatic heterocycles. The topological polar surface area (TPSA) is 9.23 Å². The highest BCUT2D eigenvalue weighted by Crippen LogP contribution is 1.93. The van der Waals surface area contributed by atoms with E-state index in [1.165, 1.54) is 0 Å². The molecule has 0 aromatic carbocycles. The maximum atomic E-state index is 5.28. The van der Waals surface area contributed by atoms with E-state index < -0.39 is 0 Å². The van der Waals surface area contributed by atoms with Gasteiger partial charge in [-0.25, -0.2) is 0 Å². The standard InChI is InChI=1S/C3H7ClOS/c1-3(2-4)5-6/h3,6H,2H2,1H3. The highest BCUT2D eigenvalue weighted by Gasteiger charge is 1.91. The van der Waals surface area contributed by atoms with Crippen LogP contribution in [0.3, 0.4) is 0 Å². The van der Waals surface area contributed by atoms with Crippen LogP contribution in [0.25, 0.3) is 0 Å². The molecule has 0 aliphatic rings. The smallest absolute Gasteiger partial charge is 0.0826 e. The van der Waals surface area contributed by atoms with Crippen LogP contribution in [-0.2, 0) is 4.18 Å². The van der Waals surface area contributed by atoms with Gasteiger partial charge in [-0.2, -0.15) is 0 Å². The van der Waals surface area contributed by atoms with Crippen LogP contribution in [0.5, 0.6) is 0 Å². The molecule has 0 spiro atoms. The van der Waals surface area contributed by atoms with Gasteiger partial charge in [-0.3, -0.25) is 0 Å². The van der Waals surface area contributed by atoms with Gasteiger partial charge >= 0.3 is 0 Å². The largest absolute Gasteiger partial charge is 0.314 e. The van der Waals surface area contributed by atoms with Crippen LogP contribution >= 0.6 is 24.5 Å². The van der Waals surface area contributed by atoms with Crippen molar-refractivity contribution in [2.75, 3.05) is 5.88 Å². The zero-order valence-electron chi connectivity index (χ0n) is 3.52. The molecule has 0 bridgehead atoms. The molecule has 0 N–H and O–H groups in total. The first-order chi connectivity index (χ1) is 2.81. The molecule has 0 rings (SSSR count). The summed E-state index contributed by atoms with van der Waals surface area (Å²) in [4.78, 5) is 0. The summed E-state index contributed by atoms with van der Waals surface area (Å²) in [5, 5.41) is 0. The van der Waals surface area contributed by atoms with Gasteiger partial charge in [0.15, 0.2) is 0 Å². The van der Waals surface area contributed by atoms with Gasteiger partial charge < -0.3 is 4.18 Å². The Balaban J connectivity index is 2.75. The monoisotopic (exact) mass is 126 g/mol. The minimum absolute atomic E-state index is 0.0648. The fourth-order valence-corrected chi connectivity index (χ4v) is 0.254. The number of alkyl halides is 1. The second kappa shape index (κ2) is 3.78. The first kappa shape index (κ1) is 6.60. The molecule has 0 aromatic rings. The van der Waals surface area contributed by atoms with Crippen LogP contribution in [0.1, 0.15) is 6.92 Å². The average Bonchev–Trinajstić information content (AvgIpc) is 1.65. The van der Waals surface area contributed by atoms with Gasteiger partial charge in [0.1, 0.15) is 0 Å². The van der Waals surface area contributed by atoms with E-state index >= 15 is 0 Å². The molecule has 0 heterocycles. The Labute approximate surface area is 48.3 Å². The molecule has 0 radical (unpaired) electrons. The first-order valence-electron chi connectivity index (χ1n) is 1.67. The van der Waals surface area contributed by atoms with Crippen LogP contribution < -0.4 is 0 Å². The van der Waals surface area contributed by atoms with Crippen LogP contribution in [-0.4, -0.2) is 12.0 Å². The predicted octanol–water partition coefficient (Wildman–Crippen LogP) is 1.48. The van der Waals surface area contributed by atoms with E-state index in [4.69, 9.17) is 11.6 Å². The Bertz CT molecular complexity index is 30.0. The van der Waals surface area contributed by atoms with Crippen molar-refractivity contribution in [1.29, 1.82) is 0 Å². The molecule has 1 unspecified atom stereocenters. The molecule has 0 saturated carbocycles. The Morgan fingerprint density at radius 1 is 2.00 bits per heavy atom. The second-order valence-electron chi connectivity index (χ2n) is 1.07. The summed E-state index contributed by atoms with van der Waals surface area (Å²) in [5.41, 5.74) is 0. The Morgan fingerprint density at radius 2 is 2.50 bits per heavy atom. The maximum absolute atomic E-state index is 5.28. The van der Waals surface area contributed by atoms with Crippen molar-refractivity contribution in [3.63, 3.8) is 0 Å². The summed E-state index contributed by atoms with van der Waals surface area (Å²) in [6, 6.07) is 0. The number of hydrogen-bond acceptors (Lipinski definition) is 2. The average molecular weight is 127 g/mol. The molecule has 0 fully saturated rings. The van der Waals surface area contributed by atoms with Crippen LogP contribution in [0.15, 0.2) is 0 Å². The quantitative estimate of drug-likeness (QED) is 0.335. The molecule has 3 heteroatoms. The highest BCUT2D eigenvalue weighted by molar-refractivity contribution is 7.75. The molecule has 0 aliphatic carbocycles. The summed E-state index contributed by atoms with van der Waals surface area (Å²) in [5.74, 6) is 0.503. The molecule has 0 saturated heterocycles. The third-order valence-corrected chi connectivity index (χ3v) is 1.19. The zero-order valence-corrected chi connectivity index (χ0v) is 5.17. The fourth-order valence-electron chi connectivity index (χ4n) is 0.0282. The lowest BCUT2D eigenvalue weighted by Gasteiger charge is -1.98. The van der Waals surface area contributed by atoms with Crippen molar-refractivity contribution < 1.29 is 4.18 Å². The van der Waals surface area contributed by atoms with E-state index in [0.717, 1.165) is 0 Å². The fraction of sp³-hybridized carbons (Fsp3) is 1.00.